The molecule has 3 aromatic carbocycles. The lowest BCUT2D eigenvalue weighted by molar-refractivity contribution is -0.140. The van der Waals surface area contributed by atoms with Gasteiger partial charge in [0, 0.05) is 42.7 Å². The number of rotatable bonds is 14. The summed E-state index contributed by atoms with van der Waals surface area (Å²) in [6.07, 6.45) is -4.55. The van der Waals surface area contributed by atoms with Crippen LogP contribution in [0.4, 0.5) is 23.7 Å². The van der Waals surface area contributed by atoms with E-state index < -0.39 is 64.9 Å². The second kappa shape index (κ2) is 18.1. The molecule has 290 valence electrons. The summed E-state index contributed by atoms with van der Waals surface area (Å²) in [4.78, 5) is 71.6. The summed E-state index contributed by atoms with van der Waals surface area (Å²) in [7, 11) is 0. The van der Waals surface area contributed by atoms with E-state index in [0.29, 0.717) is 12.5 Å². The number of carbonyl (C=O) groups excluding carboxylic acids is 4. The lowest BCUT2D eigenvalue weighted by atomic mass is 10.0. The second-order valence-electron chi connectivity index (χ2n) is 12.8. The van der Waals surface area contributed by atoms with Gasteiger partial charge in [0.25, 0.3) is 0 Å². The van der Waals surface area contributed by atoms with Gasteiger partial charge in [-0.2, -0.15) is 13.2 Å². The van der Waals surface area contributed by atoms with E-state index in [1.54, 1.807) is 48.5 Å². The van der Waals surface area contributed by atoms with Crippen molar-refractivity contribution in [3.8, 4) is 0 Å². The van der Waals surface area contributed by atoms with Gasteiger partial charge in [0.05, 0.1) is 5.56 Å². The van der Waals surface area contributed by atoms with Gasteiger partial charge in [-0.1, -0.05) is 60.7 Å². The molecule has 0 aliphatic carbocycles. The summed E-state index contributed by atoms with van der Waals surface area (Å²) in [5, 5.41) is 7.54. The zero-order valence-corrected chi connectivity index (χ0v) is 29.5. The summed E-state index contributed by atoms with van der Waals surface area (Å²) in [6.45, 7) is 0.291. The maximum absolute atomic E-state index is 14.1. The van der Waals surface area contributed by atoms with E-state index >= 15 is 0 Å². The van der Waals surface area contributed by atoms with Crippen molar-refractivity contribution in [1.29, 1.82) is 0 Å². The van der Waals surface area contributed by atoms with Crippen LogP contribution in [0.2, 0.25) is 0 Å². The van der Waals surface area contributed by atoms with E-state index in [0.717, 1.165) is 23.3 Å². The number of halogens is 3. The summed E-state index contributed by atoms with van der Waals surface area (Å²) < 4.78 is 51.0. The number of alkyl carbamates (subject to hydrolysis) is 1. The second-order valence-corrected chi connectivity index (χ2v) is 12.8. The molecule has 1 fully saturated rings. The molecule has 0 bridgehead atoms. The van der Waals surface area contributed by atoms with E-state index in [4.69, 9.17) is 20.6 Å². The Kier molecular flexibility index (Phi) is 13.1. The number of hydrogen-bond donors (Lipinski definition) is 5. The highest BCUT2D eigenvalue weighted by Crippen LogP contribution is 2.34. The molecule has 0 unspecified atom stereocenters. The van der Waals surface area contributed by atoms with Crippen molar-refractivity contribution >= 4 is 46.4 Å². The number of anilines is 1. The molecular formula is C38H40F3N7O7. The number of nitrogens with two attached hydrogens (primary N) is 2. The molecule has 1 aromatic heterocycles. The first kappa shape index (κ1) is 39.8. The summed E-state index contributed by atoms with van der Waals surface area (Å²) >= 11 is 0. The Morgan fingerprint density at radius 1 is 0.927 bits per heavy atom. The highest BCUT2D eigenvalue weighted by Gasteiger charge is 2.39. The van der Waals surface area contributed by atoms with Gasteiger partial charge in [0.2, 0.25) is 17.7 Å². The predicted octanol–water partition coefficient (Wildman–Crippen LogP) is 3.82. The number of fused-ring (bicyclic) bond motifs is 1. The largest absolute Gasteiger partial charge is 0.445 e. The van der Waals surface area contributed by atoms with Crippen LogP contribution in [-0.4, -0.2) is 65.9 Å². The third-order valence-electron chi connectivity index (χ3n) is 8.82. The average molecular weight is 764 g/mol. The van der Waals surface area contributed by atoms with E-state index in [1.807, 2.05) is 12.1 Å². The van der Waals surface area contributed by atoms with Gasteiger partial charge in [0.15, 0.2) is 5.96 Å². The molecule has 55 heavy (non-hydrogen) atoms. The van der Waals surface area contributed by atoms with Crippen molar-refractivity contribution < 1.29 is 41.5 Å². The standard InChI is InChI=1S/C38H40F3N7O7/c39-38(40,41)27-21-32(49)55-31-20-25(15-16-26(27)31)45-33(50)28(13-7-17-44-36(42)43)46-34(51)30-14-8-18-48(30)35(52)29(19-23-9-3-1-4-10-23)47-37(53)54-22-24-11-5-2-6-12-24/h1-6,9-12,15-16,20-21,28-30H,7-8,13-14,17-19,22H2,(H,45,50)(H,46,51)(H,47,53)(H4,42,43,44)/t28-,29-,30-/m0/s1. The van der Waals surface area contributed by atoms with Gasteiger partial charge in [-0.25, -0.2) is 9.59 Å². The minimum absolute atomic E-state index is 0.00454. The third kappa shape index (κ3) is 11.1. The Morgan fingerprint density at radius 2 is 1.62 bits per heavy atom. The SMILES string of the molecule is NC(N)=NCCC[C@H](NC(=O)[C@@H]1CCCN1C(=O)[C@H](Cc1ccccc1)NC(=O)OCc1ccccc1)C(=O)Nc1ccc2c(C(F)(F)F)cc(=O)oc2c1. The minimum atomic E-state index is -4.83. The summed E-state index contributed by atoms with van der Waals surface area (Å²) in [5.74, 6) is -2.09. The molecular weight excluding hydrogens is 723 g/mol. The monoisotopic (exact) mass is 763 g/mol. The van der Waals surface area contributed by atoms with Crippen molar-refractivity contribution in [2.45, 2.75) is 63.0 Å². The van der Waals surface area contributed by atoms with Crippen LogP contribution in [0, 0.1) is 0 Å². The zero-order chi connectivity index (χ0) is 39.5. The number of hydrogen-bond acceptors (Lipinski definition) is 8. The molecule has 14 nitrogen and oxygen atoms in total. The van der Waals surface area contributed by atoms with Gasteiger partial charge in [-0.15, -0.1) is 0 Å². The van der Waals surface area contributed by atoms with Crippen LogP contribution in [0.15, 0.2) is 99.1 Å². The van der Waals surface area contributed by atoms with Crippen molar-refractivity contribution in [2.24, 2.45) is 16.5 Å². The first-order chi connectivity index (χ1) is 26.3. The molecule has 1 aliphatic heterocycles. The number of nitrogens with one attached hydrogen (secondary N) is 3. The maximum atomic E-state index is 14.1. The van der Waals surface area contributed by atoms with E-state index in [9.17, 15) is 37.1 Å². The Bertz CT molecular complexity index is 2070. The van der Waals surface area contributed by atoms with Gasteiger partial charge >= 0.3 is 17.9 Å². The smallest absolute Gasteiger partial charge is 0.417 e. The Balaban J connectivity index is 1.32. The van der Waals surface area contributed by atoms with Crippen LogP contribution >= 0.6 is 0 Å². The number of alkyl halides is 3. The van der Waals surface area contributed by atoms with E-state index in [2.05, 4.69) is 20.9 Å². The van der Waals surface area contributed by atoms with Crippen molar-refractivity contribution in [3.05, 3.63) is 112 Å². The van der Waals surface area contributed by atoms with Crippen LogP contribution in [0.5, 0.6) is 0 Å². The predicted molar refractivity (Wildman–Crippen MR) is 196 cm³/mol. The lowest BCUT2D eigenvalue weighted by Crippen LogP contribution is -2.56. The quantitative estimate of drug-likeness (QED) is 0.0546. The fraction of sp³-hybridized carbons (Fsp3) is 0.316. The highest BCUT2D eigenvalue weighted by molar-refractivity contribution is 6.00. The summed E-state index contributed by atoms with van der Waals surface area (Å²) in [5.41, 5.74) is 9.52. The van der Waals surface area contributed by atoms with Crippen LogP contribution < -0.4 is 33.0 Å². The molecule has 1 saturated heterocycles. The molecule has 0 spiro atoms. The van der Waals surface area contributed by atoms with Crippen LogP contribution in [0.1, 0.15) is 42.4 Å². The maximum Gasteiger partial charge on any atom is 0.417 e. The van der Waals surface area contributed by atoms with Crippen molar-refractivity contribution in [2.75, 3.05) is 18.4 Å². The molecule has 2 heterocycles. The van der Waals surface area contributed by atoms with Gasteiger partial charge in [-0.05, 0) is 48.9 Å². The van der Waals surface area contributed by atoms with Crippen LogP contribution in [0.3, 0.4) is 0 Å². The molecule has 0 saturated carbocycles. The average Bonchev–Trinajstić information content (AvgIpc) is 3.65. The first-order valence-corrected chi connectivity index (χ1v) is 17.4. The third-order valence-corrected chi connectivity index (χ3v) is 8.82. The van der Waals surface area contributed by atoms with Crippen molar-refractivity contribution in [3.63, 3.8) is 0 Å². The number of ether oxygens (including phenoxy) is 1. The number of amides is 4. The zero-order valence-electron chi connectivity index (χ0n) is 29.5. The fourth-order valence-corrected chi connectivity index (χ4v) is 6.20. The Morgan fingerprint density at radius 3 is 2.29 bits per heavy atom. The number of likely N-dealkylation sites (tertiary alicyclic amines) is 1. The number of nitrogens with zero attached hydrogens (tertiary/aromatic N) is 2. The molecule has 4 amide bonds. The molecule has 1 aliphatic rings. The van der Waals surface area contributed by atoms with E-state index in [-0.39, 0.29) is 62.4 Å². The molecule has 0 radical (unpaired) electrons. The molecule has 5 rings (SSSR count). The Labute approximate surface area is 313 Å². The fourth-order valence-electron chi connectivity index (χ4n) is 6.20. The number of benzene rings is 3. The number of guanidine groups is 1. The minimum Gasteiger partial charge on any atom is -0.445 e. The molecule has 7 N–H and O–H groups in total. The molecule has 17 heteroatoms. The Hall–Kier alpha value is -6.39. The van der Waals surface area contributed by atoms with Crippen LogP contribution in [-0.2, 0) is 38.3 Å². The number of aliphatic imine (C=N–C) groups is 1. The van der Waals surface area contributed by atoms with Gasteiger partial charge < -0.3 is 41.5 Å². The van der Waals surface area contributed by atoms with E-state index in [1.165, 1.54) is 11.0 Å². The lowest BCUT2D eigenvalue weighted by Gasteiger charge is -2.30. The molecule has 4 aromatic rings. The highest BCUT2D eigenvalue weighted by atomic mass is 19.4. The van der Waals surface area contributed by atoms with Crippen LogP contribution in [0.25, 0.3) is 11.0 Å². The number of carbonyl (C=O) groups is 4. The summed E-state index contributed by atoms with van der Waals surface area (Å²) in [6, 6.07) is 18.4. The normalized spacial score (nSPS) is 15.1. The van der Waals surface area contributed by atoms with Crippen molar-refractivity contribution in [1.82, 2.24) is 15.5 Å². The van der Waals surface area contributed by atoms with Gasteiger partial charge in [0.1, 0.15) is 30.3 Å². The molecule has 3 atom stereocenters. The topological polar surface area (TPSA) is 211 Å². The first-order valence-electron chi connectivity index (χ1n) is 17.4. The van der Waals surface area contributed by atoms with Gasteiger partial charge in [-0.3, -0.25) is 19.4 Å².